The maximum atomic E-state index is 4.79. The van der Waals surface area contributed by atoms with E-state index in [1.807, 2.05) is 11.8 Å². The number of hydrogen-bond acceptors (Lipinski definition) is 3. The highest BCUT2D eigenvalue weighted by Crippen LogP contribution is 2.24. The van der Waals surface area contributed by atoms with E-state index in [0.717, 1.165) is 5.92 Å². The number of amidine groups is 1. The van der Waals surface area contributed by atoms with Gasteiger partial charge in [-0.3, -0.25) is 4.99 Å². The van der Waals surface area contributed by atoms with Crippen molar-refractivity contribution < 1.29 is 0 Å². The fourth-order valence-corrected chi connectivity index (χ4v) is 3.62. The monoisotopic (exact) mass is 240 g/mol. The molecule has 1 atom stereocenters. The van der Waals surface area contributed by atoms with Crippen LogP contribution in [-0.2, 0) is 0 Å². The van der Waals surface area contributed by atoms with Gasteiger partial charge in [0.05, 0.1) is 6.04 Å². The minimum absolute atomic E-state index is 0.566. The summed E-state index contributed by atoms with van der Waals surface area (Å²) in [5.74, 6) is 1.95. The summed E-state index contributed by atoms with van der Waals surface area (Å²) in [7, 11) is 0. The first-order valence-corrected chi connectivity index (χ1v) is 7.69. The highest BCUT2D eigenvalue weighted by molar-refractivity contribution is 8.14. The molecule has 2 rings (SSSR count). The molecule has 0 aromatic rings. The molecule has 0 bridgehead atoms. The van der Waals surface area contributed by atoms with Gasteiger partial charge in [-0.1, -0.05) is 44.9 Å². The molecule has 1 heterocycles. The predicted octanol–water partition coefficient (Wildman–Crippen LogP) is 3.43. The molecular weight excluding hydrogens is 216 g/mol. The number of hydrogen-bond donors (Lipinski definition) is 1. The molecule has 1 N–H and O–H groups in total. The van der Waals surface area contributed by atoms with Gasteiger partial charge in [0.2, 0.25) is 0 Å². The molecule has 0 aromatic carbocycles. The van der Waals surface area contributed by atoms with Crippen molar-refractivity contribution in [3.05, 3.63) is 0 Å². The topological polar surface area (TPSA) is 24.4 Å². The van der Waals surface area contributed by atoms with Crippen LogP contribution in [0.25, 0.3) is 0 Å². The van der Waals surface area contributed by atoms with E-state index in [-0.39, 0.29) is 0 Å². The van der Waals surface area contributed by atoms with Crippen LogP contribution < -0.4 is 5.32 Å². The molecule has 1 aliphatic heterocycles. The van der Waals surface area contributed by atoms with Crippen molar-refractivity contribution in [3.8, 4) is 0 Å². The van der Waals surface area contributed by atoms with Crippen molar-refractivity contribution >= 4 is 16.9 Å². The zero-order chi connectivity index (χ0) is 11.4. The Morgan fingerprint density at radius 1 is 1.31 bits per heavy atom. The summed E-state index contributed by atoms with van der Waals surface area (Å²) in [5.41, 5.74) is 0. The van der Waals surface area contributed by atoms with Crippen molar-refractivity contribution in [1.82, 2.24) is 5.32 Å². The van der Waals surface area contributed by atoms with E-state index in [0.29, 0.717) is 12.1 Å². The summed E-state index contributed by atoms with van der Waals surface area (Å²) in [4.78, 5) is 4.79. The van der Waals surface area contributed by atoms with Crippen molar-refractivity contribution in [3.63, 3.8) is 0 Å². The first-order valence-electron chi connectivity index (χ1n) is 6.71. The van der Waals surface area contributed by atoms with Crippen LogP contribution in [0, 0.1) is 5.92 Å². The first-order chi connectivity index (χ1) is 7.74. The Balaban J connectivity index is 1.77. The first kappa shape index (κ1) is 12.3. The molecule has 0 amide bonds. The van der Waals surface area contributed by atoms with Gasteiger partial charge in [0.15, 0.2) is 5.17 Å². The lowest BCUT2D eigenvalue weighted by atomic mass is 9.96. The van der Waals surface area contributed by atoms with Crippen LogP contribution in [0.5, 0.6) is 0 Å². The third-order valence-electron chi connectivity index (χ3n) is 3.39. The maximum absolute atomic E-state index is 4.79. The number of nitrogens with one attached hydrogen (secondary N) is 1. The van der Waals surface area contributed by atoms with Crippen LogP contribution in [0.1, 0.15) is 52.4 Å². The van der Waals surface area contributed by atoms with Gasteiger partial charge in [0.1, 0.15) is 0 Å². The molecule has 0 spiro atoms. The molecular formula is C13H24N2S. The Labute approximate surface area is 104 Å². The average Bonchev–Trinajstić information content (AvgIpc) is 2.66. The Morgan fingerprint density at radius 3 is 2.75 bits per heavy atom. The van der Waals surface area contributed by atoms with Crippen molar-refractivity contribution in [1.29, 1.82) is 0 Å². The van der Waals surface area contributed by atoms with Gasteiger partial charge in [-0.25, -0.2) is 0 Å². The lowest BCUT2D eigenvalue weighted by molar-refractivity contribution is 0.414. The Morgan fingerprint density at radius 2 is 2.06 bits per heavy atom. The predicted molar refractivity (Wildman–Crippen MR) is 73.1 cm³/mol. The summed E-state index contributed by atoms with van der Waals surface area (Å²) >= 11 is 1.92. The van der Waals surface area contributed by atoms with Crippen molar-refractivity contribution in [2.45, 2.75) is 64.5 Å². The quantitative estimate of drug-likeness (QED) is 0.817. The smallest absolute Gasteiger partial charge is 0.157 e. The van der Waals surface area contributed by atoms with Gasteiger partial charge in [-0.05, 0) is 25.2 Å². The number of nitrogens with zero attached hydrogens (tertiary/aromatic N) is 1. The zero-order valence-electron chi connectivity index (χ0n) is 10.5. The molecule has 0 radical (unpaired) electrons. The summed E-state index contributed by atoms with van der Waals surface area (Å²) < 4.78 is 0. The van der Waals surface area contributed by atoms with E-state index in [4.69, 9.17) is 4.99 Å². The molecule has 1 unspecified atom stereocenters. The number of aliphatic imine (C=N–C) groups is 1. The largest absolute Gasteiger partial charge is 0.362 e. The van der Waals surface area contributed by atoms with Crippen molar-refractivity contribution in [2.75, 3.05) is 5.75 Å². The molecule has 1 fully saturated rings. The van der Waals surface area contributed by atoms with Gasteiger partial charge < -0.3 is 5.32 Å². The van der Waals surface area contributed by atoms with Crippen LogP contribution >= 0.6 is 11.8 Å². The second kappa shape index (κ2) is 5.95. The van der Waals surface area contributed by atoms with Gasteiger partial charge >= 0.3 is 0 Å². The minimum atomic E-state index is 0.566. The Kier molecular flexibility index (Phi) is 4.56. The maximum Gasteiger partial charge on any atom is 0.157 e. The van der Waals surface area contributed by atoms with E-state index in [9.17, 15) is 0 Å². The average molecular weight is 240 g/mol. The SMILES string of the molecule is CC(C)CC1CSC(NC2CCCCC2)=N1. The van der Waals surface area contributed by atoms with Crippen molar-refractivity contribution in [2.24, 2.45) is 10.9 Å². The van der Waals surface area contributed by atoms with Crippen LogP contribution in [0.2, 0.25) is 0 Å². The minimum Gasteiger partial charge on any atom is -0.362 e. The summed E-state index contributed by atoms with van der Waals surface area (Å²) in [6.45, 7) is 4.57. The molecule has 2 aliphatic rings. The molecule has 2 nitrogen and oxygen atoms in total. The number of rotatable bonds is 3. The van der Waals surface area contributed by atoms with Gasteiger partial charge in [0, 0.05) is 11.8 Å². The Hall–Kier alpha value is -0.180. The van der Waals surface area contributed by atoms with E-state index >= 15 is 0 Å². The highest BCUT2D eigenvalue weighted by atomic mass is 32.2. The second-order valence-corrected chi connectivity index (χ2v) is 6.52. The Bertz CT molecular complexity index is 244. The molecule has 16 heavy (non-hydrogen) atoms. The molecule has 92 valence electrons. The van der Waals surface area contributed by atoms with Crippen LogP contribution in [0.15, 0.2) is 4.99 Å². The van der Waals surface area contributed by atoms with Gasteiger partial charge in [-0.2, -0.15) is 0 Å². The molecule has 0 aromatic heterocycles. The lowest BCUT2D eigenvalue weighted by Gasteiger charge is -2.23. The summed E-state index contributed by atoms with van der Waals surface area (Å²) in [6, 6.07) is 1.27. The molecule has 0 saturated heterocycles. The highest BCUT2D eigenvalue weighted by Gasteiger charge is 2.22. The molecule has 1 aliphatic carbocycles. The fourth-order valence-electron chi connectivity index (χ4n) is 2.58. The zero-order valence-corrected chi connectivity index (χ0v) is 11.4. The molecule has 3 heteroatoms. The third kappa shape index (κ3) is 3.69. The van der Waals surface area contributed by atoms with Gasteiger partial charge in [-0.15, -0.1) is 0 Å². The van der Waals surface area contributed by atoms with Gasteiger partial charge in [0.25, 0.3) is 0 Å². The summed E-state index contributed by atoms with van der Waals surface area (Å²) in [5, 5.41) is 4.85. The van der Waals surface area contributed by atoms with E-state index in [1.165, 1.54) is 49.4 Å². The third-order valence-corrected chi connectivity index (χ3v) is 4.44. The van der Waals surface area contributed by atoms with Crippen LogP contribution in [0.4, 0.5) is 0 Å². The van der Waals surface area contributed by atoms with E-state index in [2.05, 4.69) is 19.2 Å². The normalized spacial score (nSPS) is 27.2. The summed E-state index contributed by atoms with van der Waals surface area (Å²) in [6.07, 6.45) is 8.13. The second-order valence-electron chi connectivity index (χ2n) is 5.51. The standard InChI is InChI=1S/C13H24N2S/c1-10(2)8-12-9-16-13(15-12)14-11-6-4-3-5-7-11/h10-12H,3-9H2,1-2H3,(H,14,15). The van der Waals surface area contributed by atoms with E-state index < -0.39 is 0 Å². The fraction of sp³-hybridized carbons (Fsp3) is 0.923. The van der Waals surface area contributed by atoms with Crippen LogP contribution in [-0.4, -0.2) is 23.0 Å². The van der Waals surface area contributed by atoms with E-state index in [1.54, 1.807) is 0 Å². The number of thioether (sulfide) groups is 1. The molecule has 1 saturated carbocycles. The van der Waals surface area contributed by atoms with Crippen LogP contribution in [0.3, 0.4) is 0 Å². The lowest BCUT2D eigenvalue weighted by Crippen LogP contribution is -2.33.